The summed E-state index contributed by atoms with van der Waals surface area (Å²) in [5.41, 5.74) is 0.800. The number of aliphatic hydroxyl groups is 6. The van der Waals surface area contributed by atoms with Gasteiger partial charge >= 0.3 is 0 Å². The van der Waals surface area contributed by atoms with E-state index in [0.29, 0.717) is 6.42 Å². The molecule has 1 aliphatic heterocycles. The van der Waals surface area contributed by atoms with Gasteiger partial charge in [-0.1, -0.05) is 231 Å². The van der Waals surface area contributed by atoms with Crippen molar-refractivity contribution in [3.8, 4) is 0 Å². The molecule has 61 heavy (non-hydrogen) atoms. The fraction of sp³-hybridized carbons (Fsp3) is 0.960. The molecule has 360 valence electrons. The zero-order chi connectivity index (χ0) is 44.2. The van der Waals surface area contributed by atoms with Crippen molar-refractivity contribution in [3.63, 3.8) is 0 Å². The van der Waals surface area contributed by atoms with E-state index in [-0.39, 0.29) is 6.61 Å². The normalized spacial score (nSPS) is 21.0. The SMILES string of the molecule is CCCCCCCCCCCCCCCCCCCCCCCCc1cn([C@@H](CO[C@H]2O[C@H](CO)[C@H](O)[C@H](O)[C@H]2O)[C@H](O)[C@H](O)CCCCCCCCCCCCCC)nn1. The summed E-state index contributed by atoms with van der Waals surface area (Å²) in [6.07, 6.45) is 37.9. The first-order valence-corrected chi connectivity index (χ1v) is 26.0. The first kappa shape index (κ1) is 56.0. The molecule has 8 atom stereocenters. The molecule has 0 amide bonds. The summed E-state index contributed by atoms with van der Waals surface area (Å²) in [4.78, 5) is 0. The second-order valence-corrected chi connectivity index (χ2v) is 18.7. The molecule has 0 aliphatic carbocycles. The number of rotatable bonds is 43. The van der Waals surface area contributed by atoms with Crippen molar-refractivity contribution in [1.29, 1.82) is 0 Å². The van der Waals surface area contributed by atoms with Gasteiger partial charge in [0.05, 0.1) is 25.0 Å². The van der Waals surface area contributed by atoms with Gasteiger partial charge in [0.25, 0.3) is 0 Å². The summed E-state index contributed by atoms with van der Waals surface area (Å²) in [7, 11) is 0. The maximum Gasteiger partial charge on any atom is 0.186 e. The van der Waals surface area contributed by atoms with Gasteiger partial charge in [0.1, 0.15) is 36.6 Å². The van der Waals surface area contributed by atoms with Crippen LogP contribution in [0, 0.1) is 0 Å². The van der Waals surface area contributed by atoms with Crippen molar-refractivity contribution >= 4 is 0 Å². The number of unbranched alkanes of at least 4 members (excludes halogenated alkanes) is 32. The van der Waals surface area contributed by atoms with Crippen molar-refractivity contribution in [2.24, 2.45) is 0 Å². The molecule has 1 aliphatic rings. The van der Waals surface area contributed by atoms with E-state index in [0.717, 1.165) is 44.2 Å². The fourth-order valence-electron chi connectivity index (χ4n) is 8.86. The molecule has 2 rings (SSSR count). The van der Waals surface area contributed by atoms with E-state index in [4.69, 9.17) is 9.47 Å². The summed E-state index contributed by atoms with van der Waals surface area (Å²) in [6.45, 7) is 3.76. The predicted octanol–water partition coefficient (Wildman–Crippen LogP) is 10.6. The molecule has 0 unspecified atom stereocenters. The Labute approximate surface area is 373 Å². The molecule has 11 nitrogen and oxygen atoms in total. The van der Waals surface area contributed by atoms with E-state index in [1.165, 1.54) is 191 Å². The van der Waals surface area contributed by atoms with Crippen LogP contribution in [0.4, 0.5) is 0 Å². The average molecular weight is 868 g/mol. The number of hydrogen-bond donors (Lipinski definition) is 6. The maximum absolute atomic E-state index is 11.4. The predicted molar refractivity (Wildman–Crippen MR) is 247 cm³/mol. The highest BCUT2D eigenvalue weighted by Crippen LogP contribution is 2.26. The van der Waals surface area contributed by atoms with Gasteiger partial charge < -0.3 is 40.1 Å². The zero-order valence-electron chi connectivity index (χ0n) is 39.4. The highest BCUT2D eigenvalue weighted by Gasteiger charge is 2.44. The third kappa shape index (κ3) is 26.4. The lowest BCUT2D eigenvalue weighted by Crippen LogP contribution is -2.59. The molecule has 1 saturated heterocycles. The van der Waals surface area contributed by atoms with Gasteiger partial charge in [-0.25, -0.2) is 4.68 Å². The van der Waals surface area contributed by atoms with Crippen LogP contribution in [0.5, 0.6) is 0 Å². The van der Waals surface area contributed by atoms with Crippen molar-refractivity contribution in [2.75, 3.05) is 13.2 Å². The molecule has 0 bridgehead atoms. The van der Waals surface area contributed by atoms with Gasteiger partial charge in [-0.15, -0.1) is 5.10 Å². The van der Waals surface area contributed by atoms with Crippen LogP contribution in [-0.2, 0) is 15.9 Å². The minimum atomic E-state index is -1.58. The van der Waals surface area contributed by atoms with E-state index in [1.54, 1.807) is 6.20 Å². The Morgan fingerprint density at radius 2 is 0.951 bits per heavy atom. The van der Waals surface area contributed by atoms with Crippen molar-refractivity contribution < 1.29 is 40.1 Å². The third-order valence-electron chi connectivity index (χ3n) is 13.1. The Hall–Kier alpha value is -1.18. The zero-order valence-corrected chi connectivity index (χ0v) is 39.4. The first-order chi connectivity index (χ1) is 29.8. The lowest BCUT2D eigenvalue weighted by atomic mass is 9.98. The summed E-state index contributed by atoms with van der Waals surface area (Å²) in [6, 6.07) is -0.842. The Morgan fingerprint density at radius 3 is 1.36 bits per heavy atom. The summed E-state index contributed by atoms with van der Waals surface area (Å²) in [5, 5.41) is 71.8. The largest absolute Gasteiger partial charge is 0.394 e. The highest BCUT2D eigenvalue weighted by atomic mass is 16.7. The Kier molecular flexibility index (Phi) is 35.0. The number of ether oxygens (including phenoxy) is 2. The van der Waals surface area contributed by atoms with Gasteiger partial charge in [0.2, 0.25) is 0 Å². The van der Waals surface area contributed by atoms with E-state index in [2.05, 4.69) is 24.2 Å². The Morgan fingerprint density at radius 1 is 0.557 bits per heavy atom. The van der Waals surface area contributed by atoms with Gasteiger partial charge in [-0.05, 0) is 19.3 Å². The minimum absolute atomic E-state index is 0.207. The second kappa shape index (κ2) is 38.1. The van der Waals surface area contributed by atoms with Crippen LogP contribution in [0.3, 0.4) is 0 Å². The quantitative estimate of drug-likeness (QED) is 0.0347. The van der Waals surface area contributed by atoms with Crippen molar-refractivity contribution in [3.05, 3.63) is 11.9 Å². The maximum atomic E-state index is 11.4. The molecule has 1 fully saturated rings. The van der Waals surface area contributed by atoms with E-state index < -0.39 is 55.6 Å². The van der Waals surface area contributed by atoms with Crippen LogP contribution in [0.15, 0.2) is 6.20 Å². The van der Waals surface area contributed by atoms with Gasteiger partial charge in [-0.3, -0.25) is 0 Å². The number of hydrogen-bond acceptors (Lipinski definition) is 10. The van der Waals surface area contributed by atoms with Crippen LogP contribution in [0.2, 0.25) is 0 Å². The first-order valence-electron chi connectivity index (χ1n) is 26.0. The van der Waals surface area contributed by atoms with Crippen LogP contribution in [-0.4, -0.2) is 102 Å². The smallest absolute Gasteiger partial charge is 0.186 e. The van der Waals surface area contributed by atoms with Gasteiger partial charge in [-0.2, -0.15) is 0 Å². The number of aromatic nitrogens is 3. The monoisotopic (exact) mass is 868 g/mol. The lowest BCUT2D eigenvalue weighted by molar-refractivity contribution is -0.304. The summed E-state index contributed by atoms with van der Waals surface area (Å²) in [5.74, 6) is 0. The summed E-state index contributed by atoms with van der Waals surface area (Å²) >= 11 is 0. The molecule has 0 spiro atoms. The number of nitrogens with zero attached hydrogens (tertiary/aromatic N) is 3. The molecule has 0 saturated carbocycles. The Balaban J connectivity index is 1.66. The molecule has 6 N–H and O–H groups in total. The molecular formula is C50H97N3O8. The third-order valence-corrected chi connectivity index (χ3v) is 13.1. The molecular weight excluding hydrogens is 771 g/mol. The minimum Gasteiger partial charge on any atom is -0.394 e. The molecule has 11 heteroatoms. The second-order valence-electron chi connectivity index (χ2n) is 18.7. The topological polar surface area (TPSA) is 171 Å². The summed E-state index contributed by atoms with van der Waals surface area (Å²) < 4.78 is 12.9. The van der Waals surface area contributed by atoms with Crippen molar-refractivity contribution in [2.45, 2.75) is 294 Å². The molecule has 1 aromatic rings. The molecule has 0 radical (unpaired) electrons. The number of aryl methyl sites for hydroxylation is 1. The van der Waals surface area contributed by atoms with Crippen LogP contribution >= 0.6 is 0 Å². The van der Waals surface area contributed by atoms with E-state index in [9.17, 15) is 30.6 Å². The number of aliphatic hydroxyl groups excluding tert-OH is 6. The molecule has 0 aromatic carbocycles. The standard InChI is InChI=1S/C50H97N3O8/c1-3-5-7-9-11-13-15-17-18-19-20-21-22-23-24-25-26-27-29-31-33-35-37-42-39-53(52-51-42)43(41-60-50-49(59)48(58)47(57)45(40-54)61-50)46(56)44(55)38-36-34-32-30-28-16-14-12-10-8-6-4-2/h39,43-50,54-59H,3-38,40-41H2,1-2H3/t43-,44+,45+,46-,47-,48-,49+,50-/m0/s1. The van der Waals surface area contributed by atoms with Crippen LogP contribution in [0.25, 0.3) is 0 Å². The fourth-order valence-corrected chi connectivity index (χ4v) is 8.86. The van der Waals surface area contributed by atoms with Gasteiger partial charge in [0.15, 0.2) is 6.29 Å². The molecule has 2 heterocycles. The molecule has 1 aromatic heterocycles. The lowest BCUT2D eigenvalue weighted by Gasteiger charge is -2.40. The van der Waals surface area contributed by atoms with Crippen LogP contribution < -0.4 is 0 Å². The Bertz CT molecular complexity index is 1100. The van der Waals surface area contributed by atoms with E-state index in [1.807, 2.05) is 0 Å². The van der Waals surface area contributed by atoms with Crippen molar-refractivity contribution in [1.82, 2.24) is 15.0 Å². The van der Waals surface area contributed by atoms with E-state index >= 15 is 0 Å². The highest BCUT2D eigenvalue weighted by molar-refractivity contribution is 4.96. The average Bonchev–Trinajstić information content (AvgIpc) is 3.74. The van der Waals surface area contributed by atoms with Gasteiger partial charge in [0, 0.05) is 6.20 Å². The van der Waals surface area contributed by atoms with Crippen LogP contribution in [0.1, 0.15) is 250 Å².